The summed E-state index contributed by atoms with van der Waals surface area (Å²) in [5.41, 5.74) is 1.36. The zero-order chi connectivity index (χ0) is 20.2. The molecule has 8 heteroatoms. The van der Waals surface area contributed by atoms with Crippen LogP contribution in [-0.4, -0.2) is 38.8 Å². The first-order valence-electron chi connectivity index (χ1n) is 9.44. The van der Waals surface area contributed by atoms with Crippen LogP contribution in [0.5, 0.6) is 0 Å². The summed E-state index contributed by atoms with van der Waals surface area (Å²) in [6, 6.07) is 14.1. The van der Waals surface area contributed by atoms with Crippen LogP contribution >= 0.6 is 0 Å². The van der Waals surface area contributed by atoms with Gasteiger partial charge in [-0.2, -0.15) is 5.10 Å². The molecule has 2 N–H and O–H groups in total. The molecule has 2 aromatic carbocycles. The standard InChI is InChI=1S/C21H21N3O4S/c25-20-17-6-1-2-7-18(17)23-24-19(20)21(26)22-15-5-3-4-14(12-15)13-29(27)16-8-10-28-11-9-16/h1-7,12,16H,8-11,13H2,(H,22,26)(H,23,25). The number of para-hydroxylation sites is 1. The highest BCUT2D eigenvalue weighted by atomic mass is 32.2. The van der Waals surface area contributed by atoms with Crippen molar-refractivity contribution in [1.82, 2.24) is 10.2 Å². The number of aromatic amines is 1. The third-order valence-electron chi connectivity index (χ3n) is 4.92. The van der Waals surface area contributed by atoms with Crippen molar-refractivity contribution in [3.63, 3.8) is 0 Å². The van der Waals surface area contributed by atoms with E-state index < -0.39 is 22.1 Å². The molecular formula is C21H21N3O4S. The van der Waals surface area contributed by atoms with E-state index in [4.69, 9.17) is 4.74 Å². The quantitative estimate of drug-likeness (QED) is 0.672. The van der Waals surface area contributed by atoms with Gasteiger partial charge in [-0.05, 0) is 42.7 Å². The highest BCUT2D eigenvalue weighted by Gasteiger charge is 2.20. The number of hydrogen-bond donors (Lipinski definition) is 2. The lowest BCUT2D eigenvalue weighted by molar-refractivity contribution is 0.0991. The average Bonchev–Trinajstić information content (AvgIpc) is 2.75. The van der Waals surface area contributed by atoms with E-state index in [0.717, 1.165) is 18.4 Å². The van der Waals surface area contributed by atoms with Crippen LogP contribution in [0.1, 0.15) is 28.9 Å². The van der Waals surface area contributed by atoms with E-state index in [1.54, 1.807) is 42.5 Å². The Morgan fingerprint density at radius 2 is 1.97 bits per heavy atom. The lowest BCUT2D eigenvalue weighted by atomic mass is 10.2. The highest BCUT2D eigenvalue weighted by Crippen LogP contribution is 2.19. The fraction of sp³-hybridized carbons (Fsp3) is 0.286. The summed E-state index contributed by atoms with van der Waals surface area (Å²) < 4.78 is 17.9. The zero-order valence-corrected chi connectivity index (χ0v) is 16.5. The maximum atomic E-state index is 12.6. The van der Waals surface area contributed by atoms with Gasteiger partial charge in [0, 0.05) is 46.1 Å². The summed E-state index contributed by atoms with van der Waals surface area (Å²) in [6.07, 6.45) is 1.61. The number of anilines is 1. The molecule has 4 rings (SSSR count). The number of rotatable bonds is 5. The molecule has 1 atom stereocenters. The average molecular weight is 411 g/mol. The van der Waals surface area contributed by atoms with Crippen LogP contribution in [0.25, 0.3) is 10.9 Å². The van der Waals surface area contributed by atoms with Gasteiger partial charge >= 0.3 is 0 Å². The topological polar surface area (TPSA) is 101 Å². The van der Waals surface area contributed by atoms with E-state index in [2.05, 4.69) is 15.5 Å². The number of ether oxygens (including phenoxy) is 1. The first-order chi connectivity index (χ1) is 14.1. The zero-order valence-electron chi connectivity index (χ0n) is 15.7. The molecule has 0 aliphatic carbocycles. The Hall–Kier alpha value is -2.84. The van der Waals surface area contributed by atoms with Gasteiger partial charge in [0.15, 0.2) is 5.69 Å². The van der Waals surface area contributed by atoms with Crippen LogP contribution in [0.15, 0.2) is 53.3 Å². The second-order valence-electron chi connectivity index (χ2n) is 6.94. The Morgan fingerprint density at radius 1 is 1.17 bits per heavy atom. The molecule has 7 nitrogen and oxygen atoms in total. The van der Waals surface area contributed by atoms with Gasteiger partial charge in [0.25, 0.3) is 5.91 Å². The number of H-pyrrole nitrogens is 1. The predicted octanol–water partition coefficient (Wildman–Crippen LogP) is 2.60. The Labute approximate surface area is 169 Å². The molecule has 0 radical (unpaired) electrons. The molecule has 1 unspecified atom stereocenters. The number of fused-ring (bicyclic) bond motifs is 1. The molecule has 1 fully saturated rings. The number of benzene rings is 2. The summed E-state index contributed by atoms with van der Waals surface area (Å²) in [6.45, 7) is 1.31. The first kappa shape index (κ1) is 19.5. The monoisotopic (exact) mass is 411 g/mol. The summed E-state index contributed by atoms with van der Waals surface area (Å²) in [5, 5.41) is 9.93. The molecule has 150 valence electrons. The van der Waals surface area contributed by atoms with E-state index in [-0.39, 0.29) is 10.9 Å². The first-order valence-corrected chi connectivity index (χ1v) is 10.8. The smallest absolute Gasteiger partial charge is 0.280 e. The number of carbonyl (C=O) groups is 1. The molecule has 29 heavy (non-hydrogen) atoms. The molecule has 1 saturated heterocycles. The molecule has 1 aromatic heterocycles. The van der Waals surface area contributed by atoms with Gasteiger partial charge in [0.2, 0.25) is 5.43 Å². The third-order valence-corrected chi connectivity index (χ3v) is 6.76. The number of amides is 1. The third kappa shape index (κ3) is 4.44. The molecule has 0 spiro atoms. The van der Waals surface area contributed by atoms with Crippen molar-refractivity contribution in [2.75, 3.05) is 18.5 Å². The Balaban J connectivity index is 1.49. The van der Waals surface area contributed by atoms with Crippen molar-refractivity contribution in [2.24, 2.45) is 0 Å². The fourth-order valence-electron chi connectivity index (χ4n) is 3.38. The number of nitrogens with zero attached hydrogens (tertiary/aromatic N) is 1. The molecule has 1 amide bonds. The fourth-order valence-corrected chi connectivity index (χ4v) is 4.84. The normalized spacial score (nSPS) is 15.9. The Kier molecular flexibility index (Phi) is 5.82. The van der Waals surface area contributed by atoms with E-state index >= 15 is 0 Å². The largest absolute Gasteiger partial charge is 0.381 e. The van der Waals surface area contributed by atoms with Crippen molar-refractivity contribution in [3.8, 4) is 0 Å². The van der Waals surface area contributed by atoms with Crippen LogP contribution < -0.4 is 10.7 Å². The highest BCUT2D eigenvalue weighted by molar-refractivity contribution is 7.84. The van der Waals surface area contributed by atoms with Gasteiger partial charge in [-0.3, -0.25) is 18.9 Å². The van der Waals surface area contributed by atoms with Crippen molar-refractivity contribution >= 4 is 33.3 Å². The SMILES string of the molecule is O=C(Nc1cccc(CS(=O)C2CCOCC2)c1)c1n[nH]c2ccccc2c1=O. The second-order valence-corrected chi connectivity index (χ2v) is 8.66. The van der Waals surface area contributed by atoms with Crippen LogP contribution in [-0.2, 0) is 21.3 Å². The van der Waals surface area contributed by atoms with Crippen LogP contribution in [0, 0.1) is 0 Å². The minimum Gasteiger partial charge on any atom is -0.381 e. The maximum absolute atomic E-state index is 12.6. The van der Waals surface area contributed by atoms with Gasteiger partial charge < -0.3 is 10.1 Å². The van der Waals surface area contributed by atoms with Gasteiger partial charge in [0.05, 0.1) is 5.52 Å². The van der Waals surface area contributed by atoms with Crippen molar-refractivity contribution in [2.45, 2.75) is 23.8 Å². The van der Waals surface area contributed by atoms with Crippen molar-refractivity contribution in [3.05, 3.63) is 70.0 Å². The molecular weight excluding hydrogens is 390 g/mol. The minimum absolute atomic E-state index is 0.141. The van der Waals surface area contributed by atoms with E-state index in [9.17, 15) is 13.8 Å². The Morgan fingerprint density at radius 3 is 2.79 bits per heavy atom. The molecule has 0 saturated carbocycles. The molecule has 2 heterocycles. The van der Waals surface area contributed by atoms with E-state index in [0.29, 0.717) is 35.6 Å². The summed E-state index contributed by atoms with van der Waals surface area (Å²) in [4.78, 5) is 25.1. The number of hydrogen-bond acceptors (Lipinski definition) is 5. The van der Waals surface area contributed by atoms with E-state index in [1.807, 2.05) is 6.07 Å². The number of carbonyl (C=O) groups excluding carboxylic acids is 1. The Bertz CT molecular complexity index is 1120. The molecule has 1 aliphatic rings. The summed E-state index contributed by atoms with van der Waals surface area (Å²) >= 11 is 0. The predicted molar refractivity (Wildman–Crippen MR) is 112 cm³/mol. The van der Waals surface area contributed by atoms with Gasteiger partial charge in [0.1, 0.15) is 0 Å². The minimum atomic E-state index is -0.994. The molecule has 3 aromatic rings. The second kappa shape index (κ2) is 8.67. The van der Waals surface area contributed by atoms with Crippen LogP contribution in [0.2, 0.25) is 0 Å². The van der Waals surface area contributed by atoms with Gasteiger partial charge in [-0.25, -0.2) is 0 Å². The summed E-state index contributed by atoms with van der Waals surface area (Å²) in [7, 11) is -0.994. The van der Waals surface area contributed by atoms with Crippen molar-refractivity contribution < 1.29 is 13.7 Å². The maximum Gasteiger partial charge on any atom is 0.280 e. The molecule has 0 bridgehead atoms. The lowest BCUT2D eigenvalue weighted by Gasteiger charge is -2.21. The van der Waals surface area contributed by atoms with Crippen LogP contribution in [0.3, 0.4) is 0 Å². The summed E-state index contributed by atoms with van der Waals surface area (Å²) in [5.74, 6) is -0.164. The number of nitrogens with one attached hydrogen (secondary N) is 2. The van der Waals surface area contributed by atoms with Crippen molar-refractivity contribution in [1.29, 1.82) is 0 Å². The van der Waals surface area contributed by atoms with Gasteiger partial charge in [-0.1, -0.05) is 24.3 Å². The lowest BCUT2D eigenvalue weighted by Crippen LogP contribution is -2.26. The van der Waals surface area contributed by atoms with E-state index in [1.165, 1.54) is 0 Å². The van der Waals surface area contributed by atoms with Gasteiger partial charge in [-0.15, -0.1) is 0 Å². The number of aromatic nitrogens is 2. The molecule has 1 aliphatic heterocycles. The van der Waals surface area contributed by atoms with Crippen LogP contribution in [0.4, 0.5) is 5.69 Å².